The molecule has 4 aromatic rings. The summed E-state index contributed by atoms with van der Waals surface area (Å²) in [6.07, 6.45) is 0. The normalized spacial score (nSPS) is 11.1. The highest BCUT2D eigenvalue weighted by molar-refractivity contribution is 6.03. The molecule has 0 saturated carbocycles. The van der Waals surface area contributed by atoms with Crippen LogP contribution in [0.2, 0.25) is 0 Å². The number of hydrogen-bond acceptors (Lipinski definition) is 5. The number of aromatic nitrogens is 4. The van der Waals surface area contributed by atoms with Crippen LogP contribution in [0.25, 0.3) is 16.9 Å². The Morgan fingerprint density at radius 2 is 1.71 bits per heavy atom. The van der Waals surface area contributed by atoms with Crippen LogP contribution in [0.4, 0.5) is 8.78 Å². The highest BCUT2D eigenvalue weighted by Gasteiger charge is 2.25. The van der Waals surface area contributed by atoms with Crippen LogP contribution in [-0.4, -0.2) is 30.8 Å². The molecule has 2 aromatic carbocycles. The largest absolute Gasteiger partial charge is 0.364 e. The van der Waals surface area contributed by atoms with E-state index in [9.17, 15) is 23.2 Å². The topological polar surface area (TPSA) is 113 Å². The Kier molecular flexibility index (Phi) is 4.90. The molecule has 156 valence electrons. The number of ketones is 1. The molecule has 0 aliphatic heterocycles. The van der Waals surface area contributed by atoms with Crippen LogP contribution in [-0.2, 0) is 6.54 Å². The third-order valence-electron chi connectivity index (χ3n) is 4.68. The van der Waals surface area contributed by atoms with E-state index in [1.165, 1.54) is 37.3 Å². The fourth-order valence-corrected chi connectivity index (χ4v) is 3.32. The first-order valence-electron chi connectivity index (χ1n) is 9.11. The molecule has 2 N–H and O–H groups in total. The highest BCUT2D eigenvalue weighted by Crippen LogP contribution is 2.20. The van der Waals surface area contributed by atoms with E-state index in [1.807, 2.05) is 0 Å². The summed E-state index contributed by atoms with van der Waals surface area (Å²) in [5, 5.41) is 0. The second-order valence-corrected chi connectivity index (χ2v) is 6.74. The summed E-state index contributed by atoms with van der Waals surface area (Å²) in [6, 6.07) is 10.3. The predicted molar refractivity (Wildman–Crippen MR) is 107 cm³/mol. The zero-order valence-electron chi connectivity index (χ0n) is 16.2. The van der Waals surface area contributed by atoms with E-state index in [0.717, 1.165) is 27.3 Å². The number of imidazole rings is 1. The molecule has 2 heterocycles. The van der Waals surface area contributed by atoms with Gasteiger partial charge < -0.3 is 5.73 Å². The Morgan fingerprint density at radius 1 is 1.03 bits per heavy atom. The van der Waals surface area contributed by atoms with Crippen LogP contribution >= 0.6 is 0 Å². The number of halogens is 2. The predicted octanol–water partition coefficient (Wildman–Crippen LogP) is 2.15. The van der Waals surface area contributed by atoms with E-state index >= 15 is 0 Å². The molecule has 1 amide bonds. The van der Waals surface area contributed by atoms with Gasteiger partial charge in [-0.25, -0.2) is 28.1 Å². The number of nitrogens with two attached hydrogens (primary N) is 1. The first-order chi connectivity index (χ1) is 14.8. The molecule has 4 rings (SSSR count). The van der Waals surface area contributed by atoms with Crippen LogP contribution in [0.15, 0.2) is 53.3 Å². The number of nitrogens with zero attached hydrogens (tertiary/aromatic N) is 4. The average Bonchev–Trinajstić information content (AvgIpc) is 2.99. The van der Waals surface area contributed by atoms with Crippen molar-refractivity contribution in [1.82, 2.24) is 19.1 Å². The number of benzene rings is 2. The van der Waals surface area contributed by atoms with Gasteiger partial charge in [0.2, 0.25) is 0 Å². The maximum Gasteiger partial charge on any atom is 0.335 e. The van der Waals surface area contributed by atoms with Gasteiger partial charge in [-0.2, -0.15) is 0 Å². The number of fused-ring (bicyclic) bond motifs is 1. The Labute approximate surface area is 173 Å². The molecule has 0 aliphatic rings. The number of Topliss-reactive ketones (excluding diaryl/α,β-unsaturated/α-hetero) is 1. The molecule has 0 saturated heterocycles. The minimum absolute atomic E-state index is 0.0132. The summed E-state index contributed by atoms with van der Waals surface area (Å²) < 4.78 is 29.6. The van der Waals surface area contributed by atoms with E-state index < -0.39 is 35.6 Å². The smallest absolute Gasteiger partial charge is 0.335 e. The lowest BCUT2D eigenvalue weighted by Gasteiger charge is -2.06. The van der Waals surface area contributed by atoms with Gasteiger partial charge in [-0.3, -0.25) is 14.2 Å². The van der Waals surface area contributed by atoms with Gasteiger partial charge in [0, 0.05) is 0 Å². The van der Waals surface area contributed by atoms with Crippen molar-refractivity contribution in [3.05, 3.63) is 87.7 Å². The maximum atomic E-state index is 14.1. The number of hydrogen-bond donors (Lipinski definition) is 1. The third-order valence-corrected chi connectivity index (χ3v) is 4.68. The molecule has 10 heteroatoms. The van der Waals surface area contributed by atoms with Crippen LogP contribution in [0.1, 0.15) is 26.7 Å². The number of amides is 1. The number of primary amides is 1. The van der Waals surface area contributed by atoms with E-state index in [0.29, 0.717) is 0 Å². The van der Waals surface area contributed by atoms with Gasteiger partial charge in [-0.15, -0.1) is 0 Å². The molecule has 31 heavy (non-hydrogen) atoms. The van der Waals surface area contributed by atoms with Gasteiger partial charge in [-0.1, -0.05) is 12.1 Å². The van der Waals surface area contributed by atoms with E-state index in [4.69, 9.17) is 5.73 Å². The molecular formula is C21H15F2N5O3. The second-order valence-electron chi connectivity index (χ2n) is 6.74. The summed E-state index contributed by atoms with van der Waals surface area (Å²) >= 11 is 0. The zero-order valence-corrected chi connectivity index (χ0v) is 16.2. The highest BCUT2D eigenvalue weighted by atomic mass is 19.1. The molecule has 0 spiro atoms. The number of aryl methyl sites for hydroxylation is 1. The number of carbonyl (C=O) groups excluding carboxylic acids is 2. The quantitative estimate of drug-likeness (QED) is 0.494. The van der Waals surface area contributed by atoms with E-state index in [2.05, 4.69) is 9.97 Å². The van der Waals surface area contributed by atoms with Crippen LogP contribution in [0.3, 0.4) is 0 Å². The molecule has 0 atom stereocenters. The lowest BCUT2D eigenvalue weighted by Crippen LogP contribution is -2.27. The Bertz CT molecular complexity index is 1410. The number of carbonyl (C=O) groups is 2. The van der Waals surface area contributed by atoms with Gasteiger partial charge in [0.15, 0.2) is 17.1 Å². The molecule has 8 nitrogen and oxygen atoms in total. The van der Waals surface area contributed by atoms with Gasteiger partial charge in [0.25, 0.3) is 5.91 Å². The third kappa shape index (κ3) is 3.48. The maximum absolute atomic E-state index is 14.1. The van der Waals surface area contributed by atoms with Gasteiger partial charge in [-0.05, 0) is 43.3 Å². The van der Waals surface area contributed by atoms with Gasteiger partial charge in [0.05, 0.1) is 17.8 Å². The lowest BCUT2D eigenvalue weighted by molar-refractivity contribution is 0.0962. The Morgan fingerprint density at radius 3 is 2.35 bits per heavy atom. The molecule has 0 aliphatic carbocycles. The molecule has 0 bridgehead atoms. The van der Waals surface area contributed by atoms with Gasteiger partial charge >= 0.3 is 5.69 Å². The van der Waals surface area contributed by atoms with Gasteiger partial charge in [0.1, 0.15) is 23.0 Å². The SMILES string of the molecule is Cc1nc(C(N)=O)c2c(n1)n(-c1ccc(F)cc1)c(=O)n2CC(=O)c1ccccc1F. The first-order valence-corrected chi connectivity index (χ1v) is 9.11. The van der Waals surface area contributed by atoms with Crippen LogP contribution in [0.5, 0.6) is 0 Å². The molecular weight excluding hydrogens is 408 g/mol. The average molecular weight is 423 g/mol. The van der Waals surface area contributed by atoms with Crippen molar-refractivity contribution < 1.29 is 18.4 Å². The second kappa shape index (κ2) is 7.56. The lowest BCUT2D eigenvalue weighted by atomic mass is 10.1. The summed E-state index contributed by atoms with van der Waals surface area (Å²) in [4.78, 5) is 46.3. The fourth-order valence-electron chi connectivity index (χ4n) is 3.32. The fraction of sp³-hybridized carbons (Fsp3) is 0.0952. The monoisotopic (exact) mass is 423 g/mol. The molecule has 2 aromatic heterocycles. The van der Waals surface area contributed by atoms with Crippen molar-refractivity contribution in [3.63, 3.8) is 0 Å². The van der Waals surface area contributed by atoms with Crippen LogP contribution in [0, 0.1) is 18.6 Å². The molecule has 0 unspecified atom stereocenters. The minimum atomic E-state index is -0.932. The van der Waals surface area contributed by atoms with E-state index in [-0.39, 0.29) is 33.9 Å². The number of rotatable bonds is 5. The zero-order chi connectivity index (χ0) is 22.3. The molecule has 0 radical (unpaired) electrons. The standard InChI is InChI=1S/C21H15F2N5O3/c1-11-25-17(19(24)30)18-20(26-11)28(13-8-6-12(22)7-9-13)21(31)27(18)10-16(29)14-4-2-3-5-15(14)23/h2-9H,10H2,1H3,(H2,24,30). The summed E-state index contributed by atoms with van der Waals surface area (Å²) in [5.41, 5.74) is 4.43. The van der Waals surface area contributed by atoms with Crippen molar-refractivity contribution in [2.24, 2.45) is 5.73 Å². The first kappa shape index (κ1) is 20.1. The Hall–Kier alpha value is -4.21. The molecule has 0 fully saturated rings. The van der Waals surface area contributed by atoms with E-state index in [1.54, 1.807) is 0 Å². The van der Waals surface area contributed by atoms with Crippen molar-refractivity contribution in [3.8, 4) is 5.69 Å². The Balaban J connectivity index is 2.00. The van der Waals surface area contributed by atoms with Crippen molar-refractivity contribution >= 4 is 22.9 Å². The summed E-state index contributed by atoms with van der Waals surface area (Å²) in [7, 11) is 0. The van der Waals surface area contributed by atoms with Crippen molar-refractivity contribution in [2.75, 3.05) is 0 Å². The van der Waals surface area contributed by atoms with Crippen molar-refractivity contribution in [1.29, 1.82) is 0 Å². The summed E-state index contributed by atoms with van der Waals surface area (Å²) in [6.45, 7) is 0.921. The summed E-state index contributed by atoms with van der Waals surface area (Å²) in [5.74, 6) is -2.73. The minimum Gasteiger partial charge on any atom is -0.364 e. The van der Waals surface area contributed by atoms with Crippen molar-refractivity contribution in [2.45, 2.75) is 13.5 Å². The van der Waals surface area contributed by atoms with Crippen LogP contribution < -0.4 is 11.4 Å².